The first kappa shape index (κ1) is 22.5. The first-order chi connectivity index (χ1) is 17.9. The summed E-state index contributed by atoms with van der Waals surface area (Å²) >= 11 is 0. The van der Waals surface area contributed by atoms with Gasteiger partial charge in [0.15, 0.2) is 11.6 Å². The Morgan fingerprint density at radius 3 is 1.97 bits per heavy atom. The summed E-state index contributed by atoms with van der Waals surface area (Å²) in [4.78, 5) is 13.7. The average Bonchev–Trinajstić information content (AvgIpc) is 2.87. The lowest BCUT2D eigenvalue weighted by Crippen LogP contribution is -2.10. The zero-order valence-electron chi connectivity index (χ0n) is 20.2. The second-order valence-corrected chi connectivity index (χ2v) is 9.14. The van der Waals surface area contributed by atoms with E-state index in [-0.39, 0.29) is 40.8 Å². The Bertz CT molecular complexity index is 1810. The highest BCUT2D eigenvalue weighted by atomic mass is 16.5. The van der Waals surface area contributed by atoms with Gasteiger partial charge in [-0.2, -0.15) is 9.97 Å². The number of aromatic hydroxyl groups is 3. The van der Waals surface area contributed by atoms with E-state index in [1.165, 1.54) is 0 Å². The topological polar surface area (TPSA) is 109 Å². The van der Waals surface area contributed by atoms with E-state index in [2.05, 4.69) is 51.4 Å². The predicted molar refractivity (Wildman–Crippen MR) is 144 cm³/mol. The van der Waals surface area contributed by atoms with Crippen LogP contribution in [0.25, 0.3) is 55.1 Å². The number of phenols is 3. The van der Waals surface area contributed by atoms with Gasteiger partial charge >= 0.3 is 6.01 Å². The van der Waals surface area contributed by atoms with E-state index < -0.39 is 0 Å². The molecule has 37 heavy (non-hydrogen) atoms. The summed E-state index contributed by atoms with van der Waals surface area (Å²) in [5.74, 6) is -0.644. The van der Waals surface area contributed by atoms with Crippen LogP contribution in [0, 0.1) is 0 Å². The zero-order chi connectivity index (χ0) is 25.7. The monoisotopic (exact) mass is 489 g/mol. The molecule has 1 aromatic heterocycles. The van der Waals surface area contributed by atoms with Gasteiger partial charge in [-0.25, -0.2) is 4.98 Å². The van der Waals surface area contributed by atoms with Gasteiger partial charge in [0.1, 0.15) is 22.8 Å². The standard InChI is InChI=1S/C30H23N3O4/c1-16(2)37-30-32-28(31-29(33-30)27-25(35)13-18(34)14-26(27)36)24-15-23-19-8-4-3-7-17(19)11-12-22(23)20-9-5-6-10-21(20)24/h3-16,34-36H,1-2H3. The van der Waals surface area contributed by atoms with E-state index in [0.717, 1.165) is 50.0 Å². The van der Waals surface area contributed by atoms with Crippen molar-refractivity contribution < 1.29 is 20.1 Å². The maximum Gasteiger partial charge on any atom is 0.320 e. The summed E-state index contributed by atoms with van der Waals surface area (Å²) in [5, 5.41) is 37.2. The minimum atomic E-state index is -0.362. The summed E-state index contributed by atoms with van der Waals surface area (Å²) in [5.41, 5.74) is 0.736. The summed E-state index contributed by atoms with van der Waals surface area (Å²) in [7, 11) is 0. The van der Waals surface area contributed by atoms with Crippen LogP contribution in [0.1, 0.15) is 13.8 Å². The third-order valence-electron chi connectivity index (χ3n) is 6.27. The minimum absolute atomic E-state index is 0.0226. The summed E-state index contributed by atoms with van der Waals surface area (Å²) in [6.45, 7) is 3.71. The van der Waals surface area contributed by atoms with E-state index in [1.807, 2.05) is 44.2 Å². The molecule has 0 aliphatic carbocycles. The lowest BCUT2D eigenvalue weighted by molar-refractivity contribution is 0.222. The van der Waals surface area contributed by atoms with Crippen molar-refractivity contribution in [1.29, 1.82) is 0 Å². The Morgan fingerprint density at radius 2 is 1.24 bits per heavy atom. The molecule has 0 radical (unpaired) electrons. The number of ether oxygens (including phenoxy) is 1. The largest absolute Gasteiger partial charge is 0.508 e. The maximum absolute atomic E-state index is 10.5. The highest BCUT2D eigenvalue weighted by Crippen LogP contribution is 2.41. The molecule has 0 saturated carbocycles. The molecule has 6 aromatic rings. The second-order valence-electron chi connectivity index (χ2n) is 9.14. The molecular formula is C30H23N3O4. The van der Waals surface area contributed by atoms with Crippen molar-refractivity contribution in [2.24, 2.45) is 0 Å². The SMILES string of the molecule is CC(C)Oc1nc(-c2c(O)cc(O)cc2O)nc(-c2cc3c4ccccc4ccc3c3ccccc23)n1. The summed E-state index contributed by atoms with van der Waals surface area (Å²) < 4.78 is 5.84. The number of rotatable bonds is 4. The molecule has 0 saturated heterocycles. The molecule has 7 nitrogen and oxygen atoms in total. The van der Waals surface area contributed by atoms with Crippen molar-refractivity contribution in [2.75, 3.05) is 0 Å². The molecule has 7 heteroatoms. The van der Waals surface area contributed by atoms with Gasteiger partial charge in [0.2, 0.25) is 0 Å². The molecule has 0 amide bonds. The van der Waals surface area contributed by atoms with Crippen molar-refractivity contribution in [1.82, 2.24) is 15.0 Å². The fraction of sp³-hybridized carbons (Fsp3) is 0.100. The average molecular weight is 490 g/mol. The highest BCUT2D eigenvalue weighted by Gasteiger charge is 2.21. The smallest absolute Gasteiger partial charge is 0.320 e. The van der Waals surface area contributed by atoms with E-state index in [9.17, 15) is 15.3 Å². The third-order valence-corrected chi connectivity index (χ3v) is 6.27. The van der Waals surface area contributed by atoms with Crippen LogP contribution in [0.4, 0.5) is 0 Å². The normalized spacial score (nSPS) is 11.5. The number of hydrogen-bond acceptors (Lipinski definition) is 7. The molecule has 5 aromatic carbocycles. The van der Waals surface area contributed by atoms with Crippen LogP contribution >= 0.6 is 0 Å². The molecule has 0 spiro atoms. The minimum Gasteiger partial charge on any atom is -0.508 e. The highest BCUT2D eigenvalue weighted by molar-refractivity contribution is 6.20. The maximum atomic E-state index is 10.5. The number of fused-ring (bicyclic) bond motifs is 5. The van der Waals surface area contributed by atoms with Gasteiger partial charge < -0.3 is 20.1 Å². The summed E-state index contributed by atoms with van der Waals surface area (Å²) in [6.07, 6.45) is -0.220. The van der Waals surface area contributed by atoms with Crippen molar-refractivity contribution >= 4 is 32.3 Å². The molecular weight excluding hydrogens is 466 g/mol. The van der Waals surface area contributed by atoms with Crippen LogP contribution in [-0.4, -0.2) is 36.4 Å². The molecule has 1 heterocycles. The van der Waals surface area contributed by atoms with E-state index in [4.69, 9.17) is 4.74 Å². The van der Waals surface area contributed by atoms with Crippen molar-refractivity contribution in [3.05, 3.63) is 78.9 Å². The van der Waals surface area contributed by atoms with Crippen LogP contribution < -0.4 is 4.74 Å². The van der Waals surface area contributed by atoms with Gasteiger partial charge in [0, 0.05) is 17.7 Å². The van der Waals surface area contributed by atoms with E-state index in [0.29, 0.717) is 5.82 Å². The van der Waals surface area contributed by atoms with Gasteiger partial charge in [-0.15, -0.1) is 0 Å². The van der Waals surface area contributed by atoms with Crippen LogP contribution in [0.2, 0.25) is 0 Å². The molecule has 0 aliphatic rings. The Labute approximate surface area is 212 Å². The van der Waals surface area contributed by atoms with E-state index >= 15 is 0 Å². The fourth-order valence-electron chi connectivity index (χ4n) is 4.72. The van der Waals surface area contributed by atoms with Crippen LogP contribution in [0.15, 0.2) is 78.9 Å². The third kappa shape index (κ3) is 3.90. The van der Waals surface area contributed by atoms with Gasteiger partial charge in [-0.3, -0.25) is 0 Å². The second kappa shape index (κ2) is 8.64. The van der Waals surface area contributed by atoms with Crippen molar-refractivity contribution in [2.45, 2.75) is 20.0 Å². The molecule has 0 atom stereocenters. The van der Waals surface area contributed by atoms with Gasteiger partial charge in [-0.1, -0.05) is 60.7 Å². The molecule has 0 bridgehead atoms. The van der Waals surface area contributed by atoms with E-state index in [1.54, 1.807) is 0 Å². The van der Waals surface area contributed by atoms with Gasteiger partial charge in [0.05, 0.1) is 6.10 Å². The fourth-order valence-corrected chi connectivity index (χ4v) is 4.72. The Hall–Kier alpha value is -4.91. The number of phenolic OH excluding ortho intramolecular Hbond substituents is 3. The Kier molecular flexibility index (Phi) is 5.26. The van der Waals surface area contributed by atoms with Crippen LogP contribution in [0.5, 0.6) is 23.3 Å². The lowest BCUT2D eigenvalue weighted by Gasteiger charge is -2.15. The van der Waals surface area contributed by atoms with Crippen LogP contribution in [-0.2, 0) is 0 Å². The number of benzene rings is 5. The van der Waals surface area contributed by atoms with Gasteiger partial charge in [0.25, 0.3) is 0 Å². The molecule has 3 N–H and O–H groups in total. The summed E-state index contributed by atoms with van der Waals surface area (Å²) in [6, 6.07) is 24.9. The Morgan fingerprint density at radius 1 is 0.622 bits per heavy atom. The van der Waals surface area contributed by atoms with Crippen molar-refractivity contribution in [3.8, 4) is 46.0 Å². The molecule has 0 aliphatic heterocycles. The lowest BCUT2D eigenvalue weighted by atomic mass is 9.93. The van der Waals surface area contributed by atoms with Gasteiger partial charge in [-0.05, 0) is 52.2 Å². The first-order valence-corrected chi connectivity index (χ1v) is 11.9. The number of aromatic nitrogens is 3. The quantitative estimate of drug-likeness (QED) is 0.240. The first-order valence-electron chi connectivity index (χ1n) is 11.9. The Balaban J connectivity index is 1.70. The molecule has 0 fully saturated rings. The predicted octanol–water partition coefficient (Wildman–Crippen LogP) is 6.57. The number of hydrogen-bond donors (Lipinski definition) is 3. The molecule has 6 rings (SSSR count). The van der Waals surface area contributed by atoms with Crippen molar-refractivity contribution in [3.63, 3.8) is 0 Å². The molecule has 182 valence electrons. The molecule has 0 unspecified atom stereocenters. The zero-order valence-corrected chi connectivity index (χ0v) is 20.2. The van der Waals surface area contributed by atoms with Crippen LogP contribution in [0.3, 0.4) is 0 Å². The number of nitrogens with zero attached hydrogens (tertiary/aromatic N) is 3.